The van der Waals surface area contributed by atoms with Crippen LogP contribution in [0.3, 0.4) is 0 Å². The monoisotopic (exact) mass is 474 g/mol. The fourth-order valence-electron chi connectivity index (χ4n) is 5.17. The molecule has 3 aromatic rings. The SMILES string of the molecule is CCOc1ccccc1C1Nc2ccc(S(=O)(=O)N(C)Cc3ccccc3)cc2C2C=CCC21. The Bertz CT molecular complexity index is 1300. The highest BCUT2D eigenvalue weighted by molar-refractivity contribution is 7.89. The quantitative estimate of drug-likeness (QED) is 0.444. The first-order chi connectivity index (χ1) is 16.5. The molecule has 0 amide bonds. The number of nitrogens with zero attached hydrogens (tertiary/aromatic N) is 1. The third-order valence-electron chi connectivity index (χ3n) is 6.84. The van der Waals surface area contributed by atoms with Crippen molar-refractivity contribution in [3.8, 4) is 5.75 Å². The van der Waals surface area contributed by atoms with Gasteiger partial charge in [-0.1, -0.05) is 60.7 Å². The zero-order valence-corrected chi connectivity index (χ0v) is 20.3. The Kier molecular flexibility index (Phi) is 6.19. The molecule has 1 aliphatic heterocycles. The highest BCUT2D eigenvalue weighted by Gasteiger charge is 2.39. The molecule has 176 valence electrons. The van der Waals surface area contributed by atoms with Gasteiger partial charge in [-0.05, 0) is 54.7 Å². The smallest absolute Gasteiger partial charge is 0.243 e. The van der Waals surface area contributed by atoms with Crippen LogP contribution in [0.4, 0.5) is 5.69 Å². The molecule has 0 spiro atoms. The van der Waals surface area contributed by atoms with E-state index < -0.39 is 10.0 Å². The summed E-state index contributed by atoms with van der Waals surface area (Å²) in [6.07, 6.45) is 5.38. The second kappa shape index (κ2) is 9.28. The van der Waals surface area contributed by atoms with E-state index in [4.69, 9.17) is 4.74 Å². The molecule has 0 saturated heterocycles. The lowest BCUT2D eigenvalue weighted by Gasteiger charge is -2.38. The number of allylic oxidation sites excluding steroid dienone is 2. The molecule has 0 aromatic heterocycles. The zero-order chi connectivity index (χ0) is 23.7. The number of anilines is 1. The van der Waals surface area contributed by atoms with E-state index in [2.05, 4.69) is 23.5 Å². The standard InChI is InChI=1S/C28H30N2O3S/c1-3-33-27-15-8-7-12-24(27)28-23-14-9-13-22(23)25-18-21(16-17-26(25)29-28)34(31,32)30(2)19-20-10-5-4-6-11-20/h4-13,15-18,22-23,28-29H,3,14,19H2,1-2H3. The molecular weight excluding hydrogens is 444 g/mol. The molecule has 0 fully saturated rings. The summed E-state index contributed by atoms with van der Waals surface area (Å²) in [5.74, 6) is 1.36. The molecule has 34 heavy (non-hydrogen) atoms. The van der Waals surface area contributed by atoms with Gasteiger partial charge < -0.3 is 10.1 Å². The zero-order valence-electron chi connectivity index (χ0n) is 19.5. The lowest BCUT2D eigenvalue weighted by atomic mass is 9.77. The predicted molar refractivity (Wildman–Crippen MR) is 135 cm³/mol. The number of benzene rings is 3. The van der Waals surface area contributed by atoms with Gasteiger partial charge in [0.1, 0.15) is 5.75 Å². The molecule has 5 nitrogen and oxygen atoms in total. The van der Waals surface area contributed by atoms with Crippen LogP contribution in [0.5, 0.6) is 5.75 Å². The van der Waals surface area contributed by atoms with Gasteiger partial charge in [0.25, 0.3) is 0 Å². The Balaban J connectivity index is 1.47. The molecule has 3 unspecified atom stereocenters. The van der Waals surface area contributed by atoms with Crippen LogP contribution in [-0.4, -0.2) is 26.4 Å². The Morgan fingerprint density at radius 3 is 2.56 bits per heavy atom. The van der Waals surface area contributed by atoms with Crippen molar-refractivity contribution in [1.82, 2.24) is 4.31 Å². The minimum atomic E-state index is -3.62. The molecule has 5 rings (SSSR count). The van der Waals surface area contributed by atoms with Crippen LogP contribution >= 0.6 is 0 Å². The van der Waals surface area contributed by atoms with E-state index in [-0.39, 0.29) is 12.0 Å². The summed E-state index contributed by atoms with van der Waals surface area (Å²) in [7, 11) is -1.98. The van der Waals surface area contributed by atoms with Crippen LogP contribution < -0.4 is 10.1 Å². The maximum absolute atomic E-state index is 13.4. The first-order valence-corrected chi connectivity index (χ1v) is 13.2. The molecule has 0 saturated carbocycles. The molecule has 2 aliphatic rings. The summed E-state index contributed by atoms with van der Waals surface area (Å²) in [5.41, 5.74) is 4.13. The van der Waals surface area contributed by atoms with Crippen molar-refractivity contribution in [3.63, 3.8) is 0 Å². The average molecular weight is 475 g/mol. The topological polar surface area (TPSA) is 58.6 Å². The van der Waals surface area contributed by atoms with Crippen molar-refractivity contribution in [2.75, 3.05) is 19.0 Å². The van der Waals surface area contributed by atoms with Crippen molar-refractivity contribution in [2.24, 2.45) is 5.92 Å². The van der Waals surface area contributed by atoms with E-state index >= 15 is 0 Å². The lowest BCUT2D eigenvalue weighted by Crippen LogP contribution is -2.30. The largest absolute Gasteiger partial charge is 0.494 e. The van der Waals surface area contributed by atoms with Crippen LogP contribution in [0, 0.1) is 5.92 Å². The van der Waals surface area contributed by atoms with Crippen molar-refractivity contribution < 1.29 is 13.2 Å². The van der Waals surface area contributed by atoms with Crippen LogP contribution in [0.25, 0.3) is 0 Å². The summed E-state index contributed by atoms with van der Waals surface area (Å²) in [4.78, 5) is 0.332. The highest BCUT2D eigenvalue weighted by Crippen LogP contribution is 2.51. The third-order valence-corrected chi connectivity index (χ3v) is 8.64. The van der Waals surface area contributed by atoms with Gasteiger partial charge in [-0.3, -0.25) is 0 Å². The Morgan fingerprint density at radius 1 is 1.00 bits per heavy atom. The van der Waals surface area contributed by atoms with Crippen LogP contribution in [-0.2, 0) is 16.6 Å². The number of hydrogen-bond acceptors (Lipinski definition) is 4. The molecule has 3 aromatic carbocycles. The van der Waals surface area contributed by atoms with Gasteiger partial charge >= 0.3 is 0 Å². The highest BCUT2D eigenvalue weighted by atomic mass is 32.2. The Hall–Kier alpha value is -3.09. The maximum Gasteiger partial charge on any atom is 0.243 e. The number of fused-ring (bicyclic) bond motifs is 3. The van der Waals surface area contributed by atoms with Crippen molar-refractivity contribution >= 4 is 15.7 Å². The minimum Gasteiger partial charge on any atom is -0.494 e. The summed E-state index contributed by atoms with van der Waals surface area (Å²) in [6.45, 7) is 2.95. The van der Waals surface area contributed by atoms with Gasteiger partial charge in [0.2, 0.25) is 10.0 Å². The van der Waals surface area contributed by atoms with Gasteiger partial charge in [-0.15, -0.1) is 0 Å². The number of para-hydroxylation sites is 1. The Morgan fingerprint density at radius 2 is 1.76 bits per heavy atom. The van der Waals surface area contributed by atoms with Gasteiger partial charge in [0.05, 0.1) is 17.5 Å². The number of sulfonamides is 1. The van der Waals surface area contributed by atoms with Crippen molar-refractivity contribution in [1.29, 1.82) is 0 Å². The van der Waals surface area contributed by atoms with E-state index in [0.717, 1.165) is 34.5 Å². The maximum atomic E-state index is 13.4. The van der Waals surface area contributed by atoms with Crippen LogP contribution in [0.15, 0.2) is 89.8 Å². The van der Waals surface area contributed by atoms with Gasteiger partial charge in [-0.2, -0.15) is 4.31 Å². The second-order valence-corrected chi connectivity index (χ2v) is 11.0. The van der Waals surface area contributed by atoms with E-state index in [1.807, 2.05) is 67.6 Å². The minimum absolute atomic E-state index is 0.0958. The van der Waals surface area contributed by atoms with Crippen LogP contribution in [0.1, 0.15) is 42.0 Å². The molecule has 1 aliphatic carbocycles. The summed E-state index contributed by atoms with van der Waals surface area (Å²) >= 11 is 0. The van der Waals surface area contributed by atoms with Crippen LogP contribution in [0.2, 0.25) is 0 Å². The fraction of sp³-hybridized carbons (Fsp3) is 0.286. The summed E-state index contributed by atoms with van der Waals surface area (Å²) < 4.78 is 34.1. The summed E-state index contributed by atoms with van der Waals surface area (Å²) in [5, 5.41) is 3.70. The second-order valence-electron chi connectivity index (χ2n) is 8.94. The van der Waals surface area contributed by atoms with Gasteiger partial charge in [0, 0.05) is 30.8 Å². The third kappa shape index (κ3) is 4.12. The number of hydrogen-bond donors (Lipinski definition) is 1. The molecule has 0 radical (unpaired) electrons. The molecule has 1 heterocycles. The molecule has 3 atom stereocenters. The number of nitrogens with one attached hydrogen (secondary N) is 1. The molecular formula is C28H30N2O3S. The average Bonchev–Trinajstić information content (AvgIpc) is 3.35. The van der Waals surface area contributed by atoms with Crippen molar-refractivity contribution in [2.45, 2.75) is 36.7 Å². The molecule has 6 heteroatoms. The van der Waals surface area contributed by atoms with Gasteiger partial charge in [0.15, 0.2) is 0 Å². The lowest BCUT2D eigenvalue weighted by molar-refractivity contribution is 0.326. The van der Waals surface area contributed by atoms with E-state index in [1.165, 1.54) is 4.31 Å². The predicted octanol–water partition coefficient (Wildman–Crippen LogP) is 5.73. The number of rotatable bonds is 7. The summed E-state index contributed by atoms with van der Waals surface area (Å²) in [6, 6.07) is 23.4. The number of ether oxygens (including phenoxy) is 1. The first-order valence-electron chi connectivity index (χ1n) is 11.8. The van der Waals surface area contributed by atoms with E-state index in [0.29, 0.717) is 24.0 Å². The molecule has 1 N–H and O–H groups in total. The Labute approximate surface area is 202 Å². The first kappa shape index (κ1) is 22.7. The van der Waals surface area contributed by atoms with Crippen molar-refractivity contribution in [3.05, 3.63) is 102 Å². The normalized spacial score (nSPS) is 21.1. The molecule has 0 bridgehead atoms. The fourth-order valence-corrected chi connectivity index (χ4v) is 6.37. The van der Waals surface area contributed by atoms with Gasteiger partial charge in [-0.25, -0.2) is 8.42 Å². The van der Waals surface area contributed by atoms with E-state index in [9.17, 15) is 8.42 Å². The van der Waals surface area contributed by atoms with E-state index in [1.54, 1.807) is 13.1 Å².